The third-order valence-corrected chi connectivity index (χ3v) is 7.82. The molecule has 0 saturated carbocycles. The summed E-state index contributed by atoms with van der Waals surface area (Å²) in [5.74, 6) is -0.725. The summed E-state index contributed by atoms with van der Waals surface area (Å²) in [6.45, 7) is 9.07. The number of hydrogen-bond donors (Lipinski definition) is 1. The molecule has 6 rings (SSSR count). The van der Waals surface area contributed by atoms with Crippen LogP contribution in [0, 0.1) is 11.6 Å². The number of halogens is 2. The van der Waals surface area contributed by atoms with E-state index >= 15 is 4.39 Å². The number of benzene rings is 1. The fraction of sp³-hybridized carbons (Fsp3) is 0.379. The molecule has 0 aliphatic carbocycles. The smallest absolute Gasteiger partial charge is 0.229 e. The van der Waals surface area contributed by atoms with Gasteiger partial charge in [0.1, 0.15) is 17.3 Å². The van der Waals surface area contributed by atoms with E-state index in [0.29, 0.717) is 11.3 Å². The molecule has 3 aromatic heterocycles. The van der Waals surface area contributed by atoms with Crippen molar-refractivity contribution in [2.24, 2.45) is 0 Å². The van der Waals surface area contributed by atoms with Crippen LogP contribution in [0.5, 0.6) is 0 Å². The lowest BCUT2D eigenvalue weighted by atomic mass is 10.0. The van der Waals surface area contributed by atoms with Crippen LogP contribution in [0.25, 0.3) is 22.2 Å². The minimum Gasteiger partial charge on any atom is -0.339 e. The van der Waals surface area contributed by atoms with Crippen LogP contribution >= 0.6 is 0 Å². The Labute approximate surface area is 225 Å². The highest BCUT2D eigenvalue weighted by molar-refractivity contribution is 5.85. The number of piperazine rings is 1. The van der Waals surface area contributed by atoms with Crippen LogP contribution in [0.2, 0.25) is 0 Å². The second kappa shape index (κ2) is 9.77. The van der Waals surface area contributed by atoms with Gasteiger partial charge in [-0.15, -0.1) is 0 Å². The number of aryl methyl sites for hydroxylation is 1. The minimum atomic E-state index is -0.698. The molecule has 8 nitrogen and oxygen atoms in total. The molecule has 1 saturated heterocycles. The maximum Gasteiger partial charge on any atom is 0.229 e. The van der Waals surface area contributed by atoms with Gasteiger partial charge in [-0.1, -0.05) is 6.07 Å². The van der Waals surface area contributed by atoms with Gasteiger partial charge in [0.2, 0.25) is 5.95 Å². The fourth-order valence-corrected chi connectivity index (χ4v) is 5.64. The first-order valence-electron chi connectivity index (χ1n) is 13.2. The molecule has 0 amide bonds. The summed E-state index contributed by atoms with van der Waals surface area (Å²) < 4.78 is 32.3. The molecule has 39 heavy (non-hydrogen) atoms. The summed E-state index contributed by atoms with van der Waals surface area (Å²) >= 11 is 0. The zero-order valence-electron chi connectivity index (χ0n) is 22.3. The molecule has 2 aliphatic heterocycles. The number of anilines is 2. The van der Waals surface area contributed by atoms with Gasteiger partial charge in [-0.25, -0.2) is 23.7 Å². The second-order valence-electron chi connectivity index (χ2n) is 11.1. The molecule has 10 heteroatoms. The second-order valence-corrected chi connectivity index (χ2v) is 11.1. The number of hydrogen-bond acceptors (Lipinski definition) is 7. The number of fused-ring (bicyclic) bond motifs is 3. The van der Waals surface area contributed by atoms with Crippen molar-refractivity contribution in [2.75, 3.05) is 38.5 Å². The summed E-state index contributed by atoms with van der Waals surface area (Å²) in [6, 6.07) is 8.16. The first kappa shape index (κ1) is 25.5. The molecule has 5 heterocycles. The van der Waals surface area contributed by atoms with Crippen molar-refractivity contribution in [1.82, 2.24) is 29.3 Å². The SMILES string of the molecule is CN1CCN(Cc2ccc(Nc3ncc(F)c(-c4cc(F)c5c(=O)cc6n(c5c4)C(C)(C)CC6)n3)nc2)CC1. The summed E-state index contributed by atoms with van der Waals surface area (Å²) in [6.07, 6.45) is 4.42. The van der Waals surface area contributed by atoms with Crippen molar-refractivity contribution in [2.45, 2.75) is 38.8 Å². The molecular formula is C29H31F2N7O. The lowest BCUT2D eigenvalue weighted by Crippen LogP contribution is -2.43. The molecule has 202 valence electrons. The van der Waals surface area contributed by atoms with Crippen LogP contribution in [0.1, 0.15) is 31.5 Å². The van der Waals surface area contributed by atoms with Crippen molar-refractivity contribution in [1.29, 1.82) is 0 Å². The maximum atomic E-state index is 15.3. The predicted octanol–water partition coefficient (Wildman–Crippen LogP) is 4.30. The van der Waals surface area contributed by atoms with Crippen LogP contribution in [-0.4, -0.2) is 62.5 Å². The van der Waals surface area contributed by atoms with Crippen LogP contribution in [0.4, 0.5) is 20.5 Å². The Hall–Kier alpha value is -3.76. The molecule has 1 fully saturated rings. The van der Waals surface area contributed by atoms with Gasteiger partial charge in [0.25, 0.3) is 0 Å². The monoisotopic (exact) mass is 531 g/mol. The lowest BCUT2D eigenvalue weighted by Gasteiger charge is -2.32. The van der Waals surface area contributed by atoms with Crippen molar-refractivity contribution < 1.29 is 8.78 Å². The molecule has 2 aliphatic rings. The van der Waals surface area contributed by atoms with Crippen LogP contribution in [0.15, 0.2) is 47.5 Å². The van der Waals surface area contributed by atoms with E-state index in [9.17, 15) is 9.18 Å². The fourth-order valence-electron chi connectivity index (χ4n) is 5.64. The maximum absolute atomic E-state index is 15.3. The minimum absolute atomic E-state index is 0.00570. The lowest BCUT2D eigenvalue weighted by molar-refractivity contribution is 0.148. The average Bonchev–Trinajstić information content (AvgIpc) is 3.21. The third kappa shape index (κ3) is 4.90. The molecule has 0 unspecified atom stereocenters. The molecule has 1 aromatic carbocycles. The topological polar surface area (TPSA) is 79.2 Å². The molecule has 1 N–H and O–H groups in total. The van der Waals surface area contributed by atoms with E-state index in [1.54, 1.807) is 6.07 Å². The zero-order chi connectivity index (χ0) is 27.3. The number of pyridine rings is 2. The highest BCUT2D eigenvalue weighted by atomic mass is 19.1. The Bertz CT molecular complexity index is 1610. The highest BCUT2D eigenvalue weighted by Gasteiger charge is 2.31. The standard InChI is InChI=1S/C29H31F2N7O/c1-29(2)7-6-20-14-24(39)26-21(30)12-19(13-23(26)38(20)29)27-22(31)16-33-28(35-27)34-25-5-4-18(15-32-25)17-37-10-8-36(3)9-11-37/h4-5,12-16H,6-11,17H2,1-3H3,(H,32,33,34,35). The van der Waals surface area contributed by atoms with Crippen LogP contribution < -0.4 is 10.7 Å². The largest absolute Gasteiger partial charge is 0.339 e. The molecular weight excluding hydrogens is 500 g/mol. The van der Waals surface area contributed by atoms with E-state index in [2.05, 4.69) is 51.0 Å². The summed E-state index contributed by atoms with van der Waals surface area (Å²) in [5, 5.41) is 3.03. The number of rotatable bonds is 5. The van der Waals surface area contributed by atoms with E-state index in [1.165, 1.54) is 12.1 Å². The normalized spacial score (nSPS) is 17.5. The number of aromatic nitrogens is 4. The summed E-state index contributed by atoms with van der Waals surface area (Å²) in [7, 11) is 2.13. The molecule has 0 radical (unpaired) electrons. The van der Waals surface area contributed by atoms with Crippen LogP contribution in [-0.2, 0) is 18.5 Å². The summed E-state index contributed by atoms with van der Waals surface area (Å²) in [5.41, 5.74) is 1.91. The Kier molecular flexibility index (Phi) is 6.39. The van der Waals surface area contributed by atoms with E-state index in [4.69, 9.17) is 0 Å². The predicted molar refractivity (Wildman–Crippen MR) is 147 cm³/mol. The van der Waals surface area contributed by atoms with E-state index < -0.39 is 11.6 Å². The number of nitrogens with zero attached hydrogens (tertiary/aromatic N) is 6. The zero-order valence-corrected chi connectivity index (χ0v) is 22.3. The van der Waals surface area contributed by atoms with Gasteiger partial charge < -0.3 is 14.8 Å². The molecule has 0 bridgehead atoms. The highest BCUT2D eigenvalue weighted by Crippen LogP contribution is 2.36. The summed E-state index contributed by atoms with van der Waals surface area (Å²) in [4.78, 5) is 30.3. The van der Waals surface area contributed by atoms with Crippen molar-refractivity contribution >= 4 is 22.7 Å². The first-order valence-corrected chi connectivity index (χ1v) is 13.2. The Morgan fingerprint density at radius 2 is 1.79 bits per heavy atom. The quantitative estimate of drug-likeness (QED) is 0.411. The van der Waals surface area contributed by atoms with Gasteiger partial charge in [0.15, 0.2) is 11.2 Å². The average molecular weight is 532 g/mol. The molecule has 4 aromatic rings. The van der Waals surface area contributed by atoms with Gasteiger partial charge >= 0.3 is 0 Å². The Balaban J connectivity index is 1.29. The van der Waals surface area contributed by atoms with Crippen molar-refractivity contribution in [3.8, 4) is 11.3 Å². The first-order chi connectivity index (χ1) is 18.7. The molecule has 0 spiro atoms. The van der Waals surface area contributed by atoms with Gasteiger partial charge in [0.05, 0.1) is 17.1 Å². The van der Waals surface area contributed by atoms with E-state index in [1.807, 2.05) is 22.9 Å². The van der Waals surface area contributed by atoms with E-state index in [0.717, 1.165) is 63.0 Å². The number of likely N-dealkylation sites (N-methyl/N-ethyl adjacent to an activating group) is 1. The van der Waals surface area contributed by atoms with Gasteiger partial charge in [0, 0.05) is 61.8 Å². The Morgan fingerprint density at radius 1 is 1.00 bits per heavy atom. The van der Waals surface area contributed by atoms with Gasteiger partial charge in [-0.2, -0.15) is 0 Å². The van der Waals surface area contributed by atoms with Gasteiger partial charge in [-0.05, 0) is 57.5 Å². The number of nitrogens with one attached hydrogen (secondary N) is 1. The van der Waals surface area contributed by atoms with Crippen LogP contribution in [0.3, 0.4) is 0 Å². The van der Waals surface area contributed by atoms with E-state index in [-0.39, 0.29) is 33.6 Å². The molecule has 0 atom stereocenters. The van der Waals surface area contributed by atoms with Gasteiger partial charge in [-0.3, -0.25) is 9.69 Å². The third-order valence-electron chi connectivity index (χ3n) is 7.82. The van der Waals surface area contributed by atoms with Crippen molar-refractivity contribution in [3.05, 3.63) is 75.8 Å². The van der Waals surface area contributed by atoms with Crippen molar-refractivity contribution in [3.63, 3.8) is 0 Å². The Morgan fingerprint density at radius 3 is 2.54 bits per heavy atom.